The van der Waals surface area contributed by atoms with E-state index in [1.807, 2.05) is 24.1 Å². The van der Waals surface area contributed by atoms with Gasteiger partial charge in [-0.05, 0) is 12.8 Å². The zero-order valence-corrected chi connectivity index (χ0v) is 7.90. The third-order valence-electron chi connectivity index (χ3n) is 2.53. The summed E-state index contributed by atoms with van der Waals surface area (Å²) >= 11 is 0. The molecule has 1 aromatic rings. The molecule has 0 bridgehead atoms. The van der Waals surface area contributed by atoms with Gasteiger partial charge in [0.2, 0.25) is 0 Å². The van der Waals surface area contributed by atoms with Crippen LogP contribution in [0.3, 0.4) is 0 Å². The van der Waals surface area contributed by atoms with Crippen molar-refractivity contribution in [3.8, 4) is 0 Å². The molecule has 1 saturated carbocycles. The Labute approximate surface area is 78.1 Å². The third kappa shape index (κ3) is 2.08. The van der Waals surface area contributed by atoms with Crippen molar-refractivity contribution in [2.75, 3.05) is 0 Å². The first-order chi connectivity index (χ1) is 6.24. The van der Waals surface area contributed by atoms with Crippen molar-refractivity contribution >= 4 is 0 Å². The summed E-state index contributed by atoms with van der Waals surface area (Å²) in [5.74, 6) is 0. The summed E-state index contributed by atoms with van der Waals surface area (Å²) in [7, 11) is 1.93. The largest absolute Gasteiger partial charge is 0.328 e. The smallest absolute Gasteiger partial charge is 0.0534 e. The first-order valence-corrected chi connectivity index (χ1v) is 4.70. The normalized spacial score (nSPS) is 27.2. The molecule has 1 aromatic heterocycles. The van der Waals surface area contributed by atoms with Crippen molar-refractivity contribution in [1.82, 2.24) is 15.1 Å². The van der Waals surface area contributed by atoms with E-state index < -0.39 is 0 Å². The number of nitrogens with zero attached hydrogens (tertiary/aromatic N) is 2. The lowest BCUT2D eigenvalue weighted by Crippen LogP contribution is -2.48. The topological polar surface area (TPSA) is 55.9 Å². The highest BCUT2D eigenvalue weighted by molar-refractivity contribution is 5.03. The van der Waals surface area contributed by atoms with E-state index in [-0.39, 0.29) is 0 Å². The molecule has 3 N–H and O–H groups in total. The summed E-state index contributed by atoms with van der Waals surface area (Å²) in [6.45, 7) is 0.908. The molecule has 0 aliphatic heterocycles. The highest BCUT2D eigenvalue weighted by atomic mass is 15.2. The van der Waals surface area contributed by atoms with Gasteiger partial charge in [-0.1, -0.05) is 0 Å². The molecular formula is C9H16N4. The Hall–Kier alpha value is -0.870. The molecule has 1 aliphatic carbocycles. The van der Waals surface area contributed by atoms with Crippen molar-refractivity contribution in [3.05, 3.63) is 18.0 Å². The summed E-state index contributed by atoms with van der Waals surface area (Å²) in [5, 5.41) is 7.55. The van der Waals surface area contributed by atoms with E-state index in [4.69, 9.17) is 5.73 Å². The van der Waals surface area contributed by atoms with Crippen molar-refractivity contribution in [1.29, 1.82) is 0 Å². The molecule has 1 aliphatic rings. The Morgan fingerprint density at radius 2 is 2.46 bits per heavy atom. The highest BCUT2D eigenvalue weighted by Crippen LogP contribution is 2.17. The minimum Gasteiger partial charge on any atom is -0.328 e. The van der Waals surface area contributed by atoms with Crippen molar-refractivity contribution in [2.24, 2.45) is 12.8 Å². The third-order valence-corrected chi connectivity index (χ3v) is 2.53. The minimum atomic E-state index is 0.423. The molecule has 4 nitrogen and oxygen atoms in total. The van der Waals surface area contributed by atoms with Gasteiger partial charge in [-0.25, -0.2) is 0 Å². The number of nitrogens with two attached hydrogens (primary N) is 1. The van der Waals surface area contributed by atoms with Crippen LogP contribution in [0.15, 0.2) is 12.4 Å². The molecule has 1 fully saturated rings. The second kappa shape index (κ2) is 3.47. The molecule has 0 atom stereocenters. The maximum Gasteiger partial charge on any atom is 0.0534 e. The van der Waals surface area contributed by atoms with Gasteiger partial charge in [-0.15, -0.1) is 0 Å². The van der Waals surface area contributed by atoms with E-state index in [1.165, 1.54) is 5.56 Å². The highest BCUT2D eigenvalue weighted by Gasteiger charge is 2.24. The standard InChI is InChI=1S/C9H16N4/c1-13-6-7(5-12-13)4-11-9-2-8(10)3-9/h5-6,8-9,11H,2-4,10H2,1H3. The zero-order valence-electron chi connectivity index (χ0n) is 7.90. The van der Waals surface area contributed by atoms with Crippen LogP contribution >= 0.6 is 0 Å². The van der Waals surface area contributed by atoms with Crippen LogP contribution in [0.2, 0.25) is 0 Å². The van der Waals surface area contributed by atoms with Crippen molar-refractivity contribution < 1.29 is 0 Å². The van der Waals surface area contributed by atoms with E-state index in [2.05, 4.69) is 10.4 Å². The van der Waals surface area contributed by atoms with Gasteiger partial charge in [0.15, 0.2) is 0 Å². The van der Waals surface area contributed by atoms with Crippen LogP contribution in [0.5, 0.6) is 0 Å². The molecule has 0 amide bonds. The van der Waals surface area contributed by atoms with Crippen LogP contribution in [-0.2, 0) is 13.6 Å². The van der Waals surface area contributed by atoms with Gasteiger partial charge in [0.25, 0.3) is 0 Å². The molecular weight excluding hydrogens is 164 g/mol. The molecule has 13 heavy (non-hydrogen) atoms. The van der Waals surface area contributed by atoms with Gasteiger partial charge in [0.05, 0.1) is 6.20 Å². The molecule has 2 rings (SSSR count). The Morgan fingerprint density at radius 3 is 3.00 bits per heavy atom. The molecule has 0 unspecified atom stereocenters. The average Bonchev–Trinajstić information content (AvgIpc) is 2.43. The summed E-state index contributed by atoms with van der Waals surface area (Å²) in [6.07, 6.45) is 6.15. The summed E-state index contributed by atoms with van der Waals surface area (Å²) in [6, 6.07) is 1.04. The van der Waals surface area contributed by atoms with Crippen LogP contribution in [0.1, 0.15) is 18.4 Å². The predicted octanol–water partition coefficient (Wildman–Crippen LogP) is -0.000600. The Balaban J connectivity index is 1.74. The maximum atomic E-state index is 5.69. The summed E-state index contributed by atoms with van der Waals surface area (Å²) in [4.78, 5) is 0. The minimum absolute atomic E-state index is 0.423. The first kappa shape index (κ1) is 8.72. The van der Waals surface area contributed by atoms with Crippen LogP contribution in [0.25, 0.3) is 0 Å². The number of nitrogens with one attached hydrogen (secondary N) is 1. The molecule has 1 heterocycles. The second-order valence-corrected chi connectivity index (χ2v) is 3.83. The van der Waals surface area contributed by atoms with Gasteiger partial charge in [0.1, 0.15) is 0 Å². The van der Waals surface area contributed by atoms with Crippen molar-refractivity contribution in [2.45, 2.75) is 31.5 Å². The zero-order chi connectivity index (χ0) is 9.26. The Morgan fingerprint density at radius 1 is 1.69 bits per heavy atom. The maximum absolute atomic E-state index is 5.69. The lowest BCUT2D eigenvalue weighted by Gasteiger charge is -2.33. The Bertz CT molecular complexity index is 275. The van der Waals surface area contributed by atoms with E-state index >= 15 is 0 Å². The van der Waals surface area contributed by atoms with Crippen LogP contribution in [-0.4, -0.2) is 21.9 Å². The van der Waals surface area contributed by atoms with Gasteiger partial charge >= 0.3 is 0 Å². The van der Waals surface area contributed by atoms with E-state index in [0.717, 1.165) is 19.4 Å². The molecule has 0 aromatic carbocycles. The SMILES string of the molecule is Cn1cc(CNC2CC(N)C2)cn1. The number of hydrogen-bond acceptors (Lipinski definition) is 3. The summed E-state index contributed by atoms with van der Waals surface area (Å²) < 4.78 is 1.82. The Kier molecular flexibility index (Phi) is 2.33. The van der Waals surface area contributed by atoms with Gasteiger partial charge in [-0.2, -0.15) is 5.10 Å². The lowest BCUT2D eigenvalue weighted by molar-refractivity contribution is 0.291. The van der Waals surface area contributed by atoms with Gasteiger partial charge < -0.3 is 11.1 Å². The number of aromatic nitrogens is 2. The van der Waals surface area contributed by atoms with Crippen LogP contribution in [0, 0.1) is 0 Å². The van der Waals surface area contributed by atoms with Gasteiger partial charge in [-0.3, -0.25) is 4.68 Å². The fraction of sp³-hybridized carbons (Fsp3) is 0.667. The number of hydrogen-bond donors (Lipinski definition) is 2. The average molecular weight is 180 g/mol. The van der Waals surface area contributed by atoms with Crippen LogP contribution < -0.4 is 11.1 Å². The number of rotatable bonds is 3. The molecule has 0 radical (unpaired) electrons. The molecule has 4 heteroatoms. The van der Waals surface area contributed by atoms with Crippen LogP contribution in [0.4, 0.5) is 0 Å². The fourth-order valence-electron chi connectivity index (χ4n) is 1.65. The van der Waals surface area contributed by atoms with E-state index in [9.17, 15) is 0 Å². The molecule has 0 saturated heterocycles. The van der Waals surface area contributed by atoms with Crippen molar-refractivity contribution in [3.63, 3.8) is 0 Å². The summed E-state index contributed by atoms with van der Waals surface area (Å²) in [5.41, 5.74) is 6.92. The second-order valence-electron chi connectivity index (χ2n) is 3.83. The molecule has 72 valence electrons. The van der Waals surface area contributed by atoms with E-state index in [0.29, 0.717) is 12.1 Å². The fourth-order valence-corrected chi connectivity index (χ4v) is 1.65. The number of aryl methyl sites for hydroxylation is 1. The predicted molar refractivity (Wildman–Crippen MR) is 51.0 cm³/mol. The lowest BCUT2D eigenvalue weighted by atomic mass is 9.87. The quantitative estimate of drug-likeness (QED) is 0.688. The monoisotopic (exact) mass is 180 g/mol. The van der Waals surface area contributed by atoms with E-state index in [1.54, 1.807) is 0 Å². The van der Waals surface area contributed by atoms with Gasteiger partial charge in [0, 0.05) is 37.4 Å². The first-order valence-electron chi connectivity index (χ1n) is 4.70. The molecule has 0 spiro atoms.